The number of aliphatic imine (C=N–C) groups is 1. The van der Waals surface area contributed by atoms with E-state index in [0.717, 1.165) is 22.5 Å². The zero-order chi connectivity index (χ0) is 18.7. The third kappa shape index (κ3) is 3.83. The molecule has 26 heavy (non-hydrogen) atoms. The first-order chi connectivity index (χ1) is 12.4. The van der Waals surface area contributed by atoms with Crippen molar-refractivity contribution >= 4 is 23.6 Å². The molecule has 0 aliphatic carbocycles. The first-order valence-corrected chi connectivity index (χ1v) is 8.19. The fourth-order valence-electron chi connectivity index (χ4n) is 2.62. The molecule has 5 heteroatoms. The van der Waals surface area contributed by atoms with Crippen LogP contribution in [0.1, 0.15) is 21.7 Å². The summed E-state index contributed by atoms with van der Waals surface area (Å²) in [6, 6.07) is 16.6. The van der Waals surface area contributed by atoms with E-state index in [1.54, 1.807) is 24.4 Å². The van der Waals surface area contributed by atoms with Crippen LogP contribution < -0.4 is 4.90 Å². The van der Waals surface area contributed by atoms with Crippen molar-refractivity contribution in [1.29, 1.82) is 0 Å². The van der Waals surface area contributed by atoms with E-state index in [9.17, 15) is 4.79 Å². The van der Waals surface area contributed by atoms with Gasteiger partial charge in [-0.05, 0) is 61.0 Å². The molecule has 5 nitrogen and oxygen atoms in total. The van der Waals surface area contributed by atoms with Crippen LogP contribution in [-0.2, 0) is 0 Å². The number of aryl methyl sites for hydroxylation is 1. The third-order valence-electron chi connectivity index (χ3n) is 4.07. The van der Waals surface area contributed by atoms with E-state index in [4.69, 9.17) is 9.52 Å². The van der Waals surface area contributed by atoms with Gasteiger partial charge < -0.3 is 14.4 Å². The molecule has 1 aromatic heterocycles. The Kier molecular flexibility index (Phi) is 4.89. The summed E-state index contributed by atoms with van der Waals surface area (Å²) in [4.78, 5) is 17.5. The second kappa shape index (κ2) is 7.27. The summed E-state index contributed by atoms with van der Waals surface area (Å²) in [6.07, 6.45) is 1.68. The number of hydrogen-bond acceptors (Lipinski definition) is 4. The van der Waals surface area contributed by atoms with Gasteiger partial charge in [0, 0.05) is 25.3 Å². The van der Waals surface area contributed by atoms with Gasteiger partial charge in [0.2, 0.25) is 0 Å². The summed E-state index contributed by atoms with van der Waals surface area (Å²) >= 11 is 0. The van der Waals surface area contributed by atoms with Crippen LogP contribution in [0.3, 0.4) is 0 Å². The lowest BCUT2D eigenvalue weighted by Crippen LogP contribution is -2.07. The number of furan rings is 1. The average Bonchev–Trinajstić information content (AvgIpc) is 3.08. The maximum Gasteiger partial charge on any atom is 0.335 e. The minimum absolute atomic E-state index is 0.265. The van der Waals surface area contributed by atoms with Gasteiger partial charge >= 0.3 is 5.97 Å². The quantitative estimate of drug-likeness (QED) is 0.675. The van der Waals surface area contributed by atoms with Crippen molar-refractivity contribution in [2.75, 3.05) is 19.0 Å². The van der Waals surface area contributed by atoms with Gasteiger partial charge in [-0.2, -0.15) is 0 Å². The molecule has 0 aliphatic rings. The molecule has 0 saturated heterocycles. The van der Waals surface area contributed by atoms with Gasteiger partial charge in [0.15, 0.2) is 0 Å². The van der Waals surface area contributed by atoms with Crippen molar-refractivity contribution < 1.29 is 14.3 Å². The van der Waals surface area contributed by atoms with E-state index >= 15 is 0 Å². The molecule has 132 valence electrons. The van der Waals surface area contributed by atoms with E-state index < -0.39 is 5.97 Å². The molecule has 0 saturated carbocycles. The topological polar surface area (TPSA) is 66.0 Å². The standard InChI is InChI=1S/C21H20N2O3/c1-14-12-15(21(24)25)4-10-19(14)20-11-9-18(26-20)13-22-16-5-7-17(8-6-16)23(2)3/h4-13H,1-3H3,(H,24,25). The zero-order valence-electron chi connectivity index (χ0n) is 14.9. The van der Waals surface area contributed by atoms with Crippen LogP contribution in [0.2, 0.25) is 0 Å². The zero-order valence-corrected chi connectivity index (χ0v) is 14.9. The number of anilines is 1. The number of carboxylic acid groups (broad SMARTS) is 1. The van der Waals surface area contributed by atoms with E-state index in [2.05, 4.69) is 4.99 Å². The molecule has 2 aromatic carbocycles. The number of hydrogen-bond donors (Lipinski definition) is 1. The summed E-state index contributed by atoms with van der Waals surface area (Å²) in [5.74, 6) is 0.384. The number of aromatic carboxylic acids is 1. The van der Waals surface area contributed by atoms with E-state index in [0.29, 0.717) is 11.5 Å². The Balaban J connectivity index is 1.78. The highest BCUT2D eigenvalue weighted by atomic mass is 16.4. The molecule has 3 aromatic rings. The van der Waals surface area contributed by atoms with Gasteiger partial charge in [-0.3, -0.25) is 4.99 Å². The van der Waals surface area contributed by atoms with Gasteiger partial charge in [0.05, 0.1) is 17.5 Å². The Morgan fingerprint density at radius 2 is 1.81 bits per heavy atom. The van der Waals surface area contributed by atoms with Crippen LogP contribution in [0.25, 0.3) is 11.3 Å². The van der Waals surface area contributed by atoms with Crippen molar-refractivity contribution in [3.8, 4) is 11.3 Å². The van der Waals surface area contributed by atoms with Gasteiger partial charge in [0.25, 0.3) is 0 Å². The number of carbonyl (C=O) groups is 1. The molecule has 0 amide bonds. The smallest absolute Gasteiger partial charge is 0.335 e. The Bertz CT molecular complexity index is 954. The van der Waals surface area contributed by atoms with E-state index in [-0.39, 0.29) is 5.56 Å². The first kappa shape index (κ1) is 17.5. The maximum absolute atomic E-state index is 11.0. The molecule has 3 rings (SSSR count). The molecular formula is C21H20N2O3. The predicted molar refractivity (Wildman–Crippen MR) is 104 cm³/mol. The summed E-state index contributed by atoms with van der Waals surface area (Å²) in [7, 11) is 3.99. The molecular weight excluding hydrogens is 328 g/mol. The largest absolute Gasteiger partial charge is 0.478 e. The van der Waals surface area contributed by atoms with Crippen molar-refractivity contribution in [3.05, 3.63) is 71.5 Å². The second-order valence-electron chi connectivity index (χ2n) is 6.21. The van der Waals surface area contributed by atoms with Gasteiger partial charge in [-0.25, -0.2) is 4.79 Å². The Morgan fingerprint density at radius 3 is 2.42 bits per heavy atom. The van der Waals surface area contributed by atoms with Gasteiger partial charge in [0.1, 0.15) is 11.5 Å². The van der Waals surface area contributed by atoms with Crippen LogP contribution in [0, 0.1) is 6.92 Å². The van der Waals surface area contributed by atoms with Gasteiger partial charge in [-0.15, -0.1) is 0 Å². The molecule has 1 N–H and O–H groups in total. The van der Waals surface area contributed by atoms with Crippen molar-refractivity contribution in [2.45, 2.75) is 6.92 Å². The minimum atomic E-state index is -0.938. The summed E-state index contributed by atoms with van der Waals surface area (Å²) in [5.41, 5.74) is 3.94. The van der Waals surface area contributed by atoms with Crippen LogP contribution in [0.4, 0.5) is 11.4 Å². The maximum atomic E-state index is 11.0. The van der Waals surface area contributed by atoms with Gasteiger partial charge in [-0.1, -0.05) is 6.07 Å². The minimum Gasteiger partial charge on any atom is -0.478 e. The summed E-state index contributed by atoms with van der Waals surface area (Å²) < 4.78 is 5.83. The molecule has 0 radical (unpaired) electrons. The fourth-order valence-corrected chi connectivity index (χ4v) is 2.62. The third-order valence-corrected chi connectivity index (χ3v) is 4.07. The molecule has 0 bridgehead atoms. The molecule has 0 aliphatic heterocycles. The highest BCUT2D eigenvalue weighted by molar-refractivity contribution is 5.89. The molecule has 0 spiro atoms. The molecule has 1 heterocycles. The number of nitrogens with zero attached hydrogens (tertiary/aromatic N) is 2. The highest BCUT2D eigenvalue weighted by Crippen LogP contribution is 2.26. The fraction of sp³-hybridized carbons (Fsp3) is 0.143. The normalized spacial score (nSPS) is 11.0. The predicted octanol–water partition coefficient (Wildman–Crippen LogP) is 4.77. The van der Waals surface area contributed by atoms with Crippen molar-refractivity contribution in [1.82, 2.24) is 0 Å². The molecule has 0 unspecified atom stereocenters. The van der Waals surface area contributed by atoms with Crippen molar-refractivity contribution in [3.63, 3.8) is 0 Å². The summed E-state index contributed by atoms with van der Waals surface area (Å²) in [5, 5.41) is 9.06. The van der Waals surface area contributed by atoms with Crippen LogP contribution in [0.5, 0.6) is 0 Å². The number of benzene rings is 2. The monoisotopic (exact) mass is 348 g/mol. The average molecular weight is 348 g/mol. The van der Waals surface area contributed by atoms with Crippen molar-refractivity contribution in [2.24, 2.45) is 4.99 Å². The molecule has 0 fully saturated rings. The van der Waals surface area contributed by atoms with Crippen LogP contribution in [0.15, 0.2) is 64.0 Å². The summed E-state index contributed by atoms with van der Waals surface area (Å²) in [6.45, 7) is 1.87. The van der Waals surface area contributed by atoms with Crippen LogP contribution >= 0.6 is 0 Å². The Morgan fingerprint density at radius 1 is 1.08 bits per heavy atom. The van der Waals surface area contributed by atoms with Crippen LogP contribution in [-0.4, -0.2) is 31.4 Å². The lowest BCUT2D eigenvalue weighted by Gasteiger charge is -2.11. The van der Waals surface area contributed by atoms with E-state index in [1.807, 2.05) is 62.3 Å². The molecule has 0 atom stereocenters. The number of carboxylic acids is 1. The first-order valence-electron chi connectivity index (χ1n) is 8.19. The highest BCUT2D eigenvalue weighted by Gasteiger charge is 2.10. The Hall–Kier alpha value is -3.34. The Labute approximate surface area is 152 Å². The second-order valence-corrected chi connectivity index (χ2v) is 6.21. The SMILES string of the molecule is Cc1cc(C(=O)O)ccc1-c1ccc(C=Nc2ccc(N(C)C)cc2)o1. The van der Waals surface area contributed by atoms with E-state index in [1.165, 1.54) is 0 Å². The lowest BCUT2D eigenvalue weighted by molar-refractivity contribution is 0.0697. The number of rotatable bonds is 5. The lowest BCUT2D eigenvalue weighted by atomic mass is 10.0.